The van der Waals surface area contributed by atoms with E-state index in [4.69, 9.17) is 4.74 Å². The van der Waals surface area contributed by atoms with Crippen molar-refractivity contribution < 1.29 is 18.8 Å². The molecule has 1 saturated heterocycles. The molecule has 1 saturated carbocycles. The standard InChI is InChI=1S/C21H17FN4O4/c22-13-1-3-14(4-2-13)25-10-9-19(23-25)20-17-11-24(12-18(17)20)21(27)30-16-7-5-15(6-8-16)26(28)29/h1-10,17-18,20H,11-12H2/t17-,18+,20?. The molecular formula is C21H17FN4O4. The lowest BCUT2D eigenvalue weighted by molar-refractivity contribution is -0.384. The molecule has 1 unspecified atom stereocenters. The first-order chi connectivity index (χ1) is 14.5. The minimum atomic E-state index is -0.503. The quantitative estimate of drug-likeness (QED) is 0.484. The van der Waals surface area contributed by atoms with E-state index in [0.717, 1.165) is 11.4 Å². The lowest BCUT2D eigenvalue weighted by Crippen LogP contribution is -2.33. The van der Waals surface area contributed by atoms with Crippen LogP contribution in [-0.2, 0) is 0 Å². The van der Waals surface area contributed by atoms with Gasteiger partial charge in [-0.25, -0.2) is 13.9 Å². The number of fused-ring (bicyclic) bond motifs is 1. The molecule has 2 aliphatic rings. The van der Waals surface area contributed by atoms with Gasteiger partial charge in [0.2, 0.25) is 0 Å². The summed E-state index contributed by atoms with van der Waals surface area (Å²) < 4.78 is 20.1. The Balaban J connectivity index is 1.18. The Hall–Kier alpha value is -3.75. The summed E-state index contributed by atoms with van der Waals surface area (Å²) in [6.07, 6.45) is 1.41. The number of nitrogens with zero attached hydrogens (tertiary/aromatic N) is 4. The van der Waals surface area contributed by atoms with Crippen molar-refractivity contribution in [2.45, 2.75) is 5.92 Å². The average molecular weight is 408 g/mol. The maximum atomic E-state index is 13.1. The monoisotopic (exact) mass is 408 g/mol. The number of non-ortho nitro benzene ring substituents is 1. The molecule has 2 fully saturated rings. The number of benzene rings is 2. The lowest BCUT2D eigenvalue weighted by Gasteiger charge is -2.18. The Labute approximate surface area is 170 Å². The molecule has 8 nitrogen and oxygen atoms in total. The van der Waals surface area contributed by atoms with Crippen molar-refractivity contribution in [3.63, 3.8) is 0 Å². The number of carbonyl (C=O) groups is 1. The van der Waals surface area contributed by atoms with Gasteiger partial charge in [-0.15, -0.1) is 0 Å². The molecule has 1 aliphatic carbocycles. The van der Waals surface area contributed by atoms with Gasteiger partial charge in [-0.05, 0) is 54.3 Å². The van der Waals surface area contributed by atoms with E-state index in [1.165, 1.54) is 36.4 Å². The first kappa shape index (κ1) is 18.3. The molecule has 3 aromatic rings. The predicted molar refractivity (Wildman–Crippen MR) is 104 cm³/mol. The molecule has 0 bridgehead atoms. The van der Waals surface area contributed by atoms with E-state index in [0.29, 0.717) is 30.8 Å². The van der Waals surface area contributed by atoms with E-state index >= 15 is 0 Å². The summed E-state index contributed by atoms with van der Waals surface area (Å²) in [5, 5.41) is 15.3. The smallest absolute Gasteiger partial charge is 0.410 e. The Kier molecular flexibility index (Phi) is 4.23. The first-order valence-electron chi connectivity index (χ1n) is 9.52. The Morgan fingerprint density at radius 2 is 1.73 bits per heavy atom. The van der Waals surface area contributed by atoms with Crippen LogP contribution in [0, 0.1) is 27.8 Å². The summed E-state index contributed by atoms with van der Waals surface area (Å²) in [5.41, 5.74) is 1.71. The zero-order valence-corrected chi connectivity index (χ0v) is 15.7. The van der Waals surface area contributed by atoms with E-state index in [2.05, 4.69) is 5.10 Å². The second kappa shape index (κ2) is 6.94. The molecule has 0 spiro atoms. The van der Waals surface area contributed by atoms with Crippen LogP contribution < -0.4 is 4.74 Å². The van der Waals surface area contributed by atoms with Crippen LogP contribution in [-0.4, -0.2) is 38.8 Å². The minimum Gasteiger partial charge on any atom is -0.410 e. The van der Waals surface area contributed by atoms with Crippen LogP contribution in [0.2, 0.25) is 0 Å². The van der Waals surface area contributed by atoms with Gasteiger partial charge < -0.3 is 9.64 Å². The highest BCUT2D eigenvalue weighted by Crippen LogP contribution is 2.57. The molecule has 5 rings (SSSR count). The average Bonchev–Trinajstić information content (AvgIpc) is 3.11. The SMILES string of the molecule is O=C(Oc1ccc([N+](=O)[O-])cc1)N1C[C@@H]2C(c3ccn(-c4ccc(F)cc4)n3)[C@@H]2C1. The number of amides is 1. The van der Waals surface area contributed by atoms with Crippen molar-refractivity contribution in [2.75, 3.05) is 13.1 Å². The second-order valence-corrected chi connectivity index (χ2v) is 7.54. The molecule has 1 amide bonds. The Morgan fingerprint density at radius 3 is 2.37 bits per heavy atom. The van der Waals surface area contributed by atoms with Gasteiger partial charge >= 0.3 is 6.09 Å². The molecule has 3 atom stereocenters. The molecule has 0 radical (unpaired) electrons. The fraction of sp³-hybridized carbons (Fsp3) is 0.238. The van der Waals surface area contributed by atoms with Gasteiger partial charge in [0.05, 0.1) is 16.3 Å². The van der Waals surface area contributed by atoms with Gasteiger partial charge in [0.15, 0.2) is 0 Å². The molecule has 1 aliphatic heterocycles. The fourth-order valence-electron chi connectivity index (χ4n) is 4.17. The number of ether oxygens (including phenoxy) is 1. The van der Waals surface area contributed by atoms with E-state index in [9.17, 15) is 19.3 Å². The number of nitro benzene ring substituents is 1. The van der Waals surface area contributed by atoms with Crippen LogP contribution in [0.4, 0.5) is 14.9 Å². The van der Waals surface area contributed by atoms with Crippen LogP contribution in [0.5, 0.6) is 5.75 Å². The third-order valence-electron chi connectivity index (χ3n) is 5.75. The third-order valence-corrected chi connectivity index (χ3v) is 5.75. The van der Waals surface area contributed by atoms with E-state index in [1.54, 1.807) is 21.7 Å². The molecule has 2 aromatic carbocycles. The number of hydrogen-bond donors (Lipinski definition) is 0. The number of likely N-dealkylation sites (tertiary alicyclic amines) is 1. The number of aromatic nitrogens is 2. The maximum absolute atomic E-state index is 13.1. The summed E-state index contributed by atoms with van der Waals surface area (Å²) >= 11 is 0. The topological polar surface area (TPSA) is 90.5 Å². The highest BCUT2D eigenvalue weighted by atomic mass is 19.1. The van der Waals surface area contributed by atoms with Crippen LogP contribution in [0.15, 0.2) is 60.8 Å². The number of hydrogen-bond acceptors (Lipinski definition) is 5. The largest absolute Gasteiger partial charge is 0.415 e. The van der Waals surface area contributed by atoms with E-state index < -0.39 is 11.0 Å². The minimum absolute atomic E-state index is 0.0554. The number of carbonyl (C=O) groups excluding carboxylic acids is 1. The normalized spacial score (nSPS) is 21.9. The van der Waals surface area contributed by atoms with Crippen LogP contribution >= 0.6 is 0 Å². The lowest BCUT2D eigenvalue weighted by atomic mass is 10.2. The highest BCUT2D eigenvalue weighted by molar-refractivity contribution is 5.71. The van der Waals surface area contributed by atoms with Crippen molar-refractivity contribution in [1.29, 1.82) is 0 Å². The zero-order chi connectivity index (χ0) is 20.8. The van der Waals surface area contributed by atoms with Crippen LogP contribution in [0.3, 0.4) is 0 Å². The number of piperidine rings is 1. The molecule has 152 valence electrons. The van der Waals surface area contributed by atoms with Crippen molar-refractivity contribution in [2.24, 2.45) is 11.8 Å². The summed E-state index contributed by atoms with van der Waals surface area (Å²) in [5.74, 6) is 0.969. The molecule has 1 aromatic heterocycles. The van der Waals surface area contributed by atoms with Crippen molar-refractivity contribution >= 4 is 11.8 Å². The van der Waals surface area contributed by atoms with Crippen LogP contribution in [0.1, 0.15) is 11.6 Å². The Morgan fingerprint density at radius 1 is 1.07 bits per heavy atom. The van der Waals surface area contributed by atoms with E-state index in [-0.39, 0.29) is 17.3 Å². The summed E-state index contributed by atoms with van der Waals surface area (Å²) in [6.45, 7) is 1.18. The number of halogens is 1. The number of nitro groups is 1. The van der Waals surface area contributed by atoms with Gasteiger partial charge in [-0.2, -0.15) is 5.10 Å². The summed E-state index contributed by atoms with van der Waals surface area (Å²) in [7, 11) is 0. The second-order valence-electron chi connectivity index (χ2n) is 7.54. The first-order valence-corrected chi connectivity index (χ1v) is 9.52. The fourth-order valence-corrected chi connectivity index (χ4v) is 4.17. The summed E-state index contributed by atoms with van der Waals surface area (Å²) in [4.78, 5) is 24.2. The number of rotatable bonds is 4. The van der Waals surface area contributed by atoms with Gasteiger partial charge in [-0.3, -0.25) is 10.1 Å². The third kappa shape index (κ3) is 3.28. The van der Waals surface area contributed by atoms with Gasteiger partial charge in [-0.1, -0.05) is 0 Å². The van der Waals surface area contributed by atoms with Crippen LogP contribution in [0.25, 0.3) is 5.69 Å². The highest BCUT2D eigenvalue weighted by Gasteiger charge is 2.58. The Bertz CT molecular complexity index is 1100. The molecular weight excluding hydrogens is 391 g/mol. The van der Waals surface area contributed by atoms with Crippen molar-refractivity contribution in [3.05, 3.63) is 82.4 Å². The van der Waals surface area contributed by atoms with Gasteiger partial charge in [0, 0.05) is 37.3 Å². The predicted octanol–water partition coefficient (Wildman–Crippen LogP) is 3.76. The van der Waals surface area contributed by atoms with Crippen molar-refractivity contribution in [1.82, 2.24) is 14.7 Å². The molecule has 2 heterocycles. The molecule has 30 heavy (non-hydrogen) atoms. The van der Waals surface area contributed by atoms with Gasteiger partial charge in [0.25, 0.3) is 5.69 Å². The molecule has 9 heteroatoms. The van der Waals surface area contributed by atoms with E-state index in [1.807, 2.05) is 12.3 Å². The molecule has 0 N–H and O–H groups in total. The zero-order valence-electron chi connectivity index (χ0n) is 15.7. The van der Waals surface area contributed by atoms with Gasteiger partial charge in [0.1, 0.15) is 11.6 Å². The maximum Gasteiger partial charge on any atom is 0.415 e. The van der Waals surface area contributed by atoms with Crippen molar-refractivity contribution in [3.8, 4) is 11.4 Å². The summed E-state index contributed by atoms with van der Waals surface area (Å²) in [6, 6.07) is 13.6.